The molecule has 1 unspecified atom stereocenters. The Bertz CT molecular complexity index is 3520. The first kappa shape index (κ1) is 40.1. The van der Waals surface area contributed by atoms with Gasteiger partial charge in [-0.25, -0.2) is 4.98 Å². The standard InChI is InChI=1S/C63H43N3S/c1-6-20-43(21-7-1)54-41-55(44-38-36-42(37-39-44)51-33-19-34-53-52-32-16-17-35-56(52)67-62(51)53)65-63(64-54)50-31-18-30-49(40-50)57-58(45-22-8-2-9-23-45)60(47-26-12-4-13-27-47)66-61(48-28-14-5-15-29-48)59(57)46-24-10-3-11-25-46/h1-41,63,65H. The number of nitrogens with zero attached hydrogens (tertiary/aromatic N) is 2. The number of hydrogen-bond acceptors (Lipinski definition) is 4. The average Bonchev–Trinajstić information content (AvgIpc) is 3.81. The molecule has 0 bridgehead atoms. The maximum Gasteiger partial charge on any atom is 0.145 e. The fourth-order valence-electron chi connectivity index (χ4n) is 9.55. The monoisotopic (exact) mass is 873 g/mol. The van der Waals surface area contributed by atoms with Gasteiger partial charge in [0.1, 0.15) is 6.17 Å². The third kappa shape index (κ3) is 7.63. The topological polar surface area (TPSA) is 37.3 Å². The van der Waals surface area contributed by atoms with Gasteiger partial charge in [0.2, 0.25) is 0 Å². The lowest BCUT2D eigenvalue weighted by Crippen LogP contribution is -2.24. The minimum absolute atomic E-state index is 0.369. The first-order chi connectivity index (χ1) is 33.2. The number of rotatable bonds is 9. The summed E-state index contributed by atoms with van der Waals surface area (Å²) in [5.41, 5.74) is 18.2. The number of benzene rings is 9. The van der Waals surface area contributed by atoms with Crippen molar-refractivity contribution in [2.24, 2.45) is 4.99 Å². The SMILES string of the molecule is C1=C(c2ccc(-c3cccc4c3sc3ccccc34)cc2)NC(c2cccc(-c3c(-c4ccccc4)c(-c4ccccc4)nc(-c4ccccc4)c3-c3ccccc3)c2)N=C1c1ccccc1. The summed E-state index contributed by atoms with van der Waals surface area (Å²) in [6, 6.07) is 86.5. The van der Waals surface area contributed by atoms with Crippen molar-refractivity contribution in [1.82, 2.24) is 10.3 Å². The first-order valence-electron chi connectivity index (χ1n) is 22.8. The van der Waals surface area contributed by atoms with E-state index in [0.717, 1.165) is 84.0 Å². The number of aromatic nitrogens is 1. The van der Waals surface area contributed by atoms with E-state index in [0.29, 0.717) is 0 Å². The number of thiophene rings is 1. The first-order valence-corrected chi connectivity index (χ1v) is 23.6. The van der Waals surface area contributed by atoms with E-state index in [1.54, 1.807) is 0 Å². The lowest BCUT2D eigenvalue weighted by atomic mass is 9.83. The van der Waals surface area contributed by atoms with E-state index in [1.807, 2.05) is 11.3 Å². The van der Waals surface area contributed by atoms with Crippen molar-refractivity contribution in [2.45, 2.75) is 6.17 Å². The lowest BCUT2D eigenvalue weighted by molar-refractivity contribution is 0.664. The van der Waals surface area contributed by atoms with Crippen LogP contribution in [-0.4, -0.2) is 10.7 Å². The summed E-state index contributed by atoms with van der Waals surface area (Å²) in [5, 5.41) is 6.52. The zero-order valence-electron chi connectivity index (χ0n) is 36.6. The number of pyridine rings is 1. The van der Waals surface area contributed by atoms with E-state index in [4.69, 9.17) is 9.98 Å². The van der Waals surface area contributed by atoms with Gasteiger partial charge in [-0.1, -0.05) is 231 Å². The smallest absolute Gasteiger partial charge is 0.145 e. The Labute approximate surface area is 394 Å². The summed E-state index contributed by atoms with van der Waals surface area (Å²) in [7, 11) is 0. The number of nitrogens with one attached hydrogen (secondary N) is 1. The molecule has 4 heteroatoms. The molecule has 1 atom stereocenters. The molecule has 0 aliphatic carbocycles. The molecule has 12 rings (SSSR count). The normalized spacial score (nSPS) is 13.5. The molecule has 316 valence electrons. The Balaban J connectivity index is 1.02. The highest BCUT2D eigenvalue weighted by molar-refractivity contribution is 7.26. The maximum atomic E-state index is 5.66. The van der Waals surface area contributed by atoms with Gasteiger partial charge in [0.25, 0.3) is 0 Å². The molecule has 1 aliphatic rings. The van der Waals surface area contributed by atoms with E-state index in [2.05, 4.69) is 254 Å². The lowest BCUT2D eigenvalue weighted by Gasteiger charge is -2.26. The van der Waals surface area contributed by atoms with E-state index in [-0.39, 0.29) is 6.17 Å². The van der Waals surface area contributed by atoms with Crippen molar-refractivity contribution in [3.63, 3.8) is 0 Å². The van der Waals surface area contributed by atoms with Crippen LogP contribution in [0, 0.1) is 0 Å². The Morgan fingerprint density at radius 1 is 0.373 bits per heavy atom. The van der Waals surface area contributed by atoms with E-state index in [9.17, 15) is 0 Å². The average molecular weight is 874 g/mol. The molecule has 1 N–H and O–H groups in total. The van der Waals surface area contributed by atoms with Crippen molar-refractivity contribution in [3.05, 3.63) is 265 Å². The maximum absolute atomic E-state index is 5.66. The number of hydrogen-bond donors (Lipinski definition) is 1. The molecule has 11 aromatic rings. The summed E-state index contributed by atoms with van der Waals surface area (Å²) in [6.45, 7) is 0. The second-order valence-electron chi connectivity index (χ2n) is 16.9. The van der Waals surface area contributed by atoms with Crippen molar-refractivity contribution >= 4 is 42.9 Å². The van der Waals surface area contributed by atoms with Gasteiger partial charge in [-0.3, -0.25) is 4.99 Å². The van der Waals surface area contributed by atoms with Gasteiger partial charge in [-0.15, -0.1) is 11.3 Å². The van der Waals surface area contributed by atoms with Crippen molar-refractivity contribution < 1.29 is 0 Å². The fraction of sp³-hybridized carbons (Fsp3) is 0.0159. The van der Waals surface area contributed by atoms with Crippen LogP contribution >= 0.6 is 11.3 Å². The molecule has 9 aromatic carbocycles. The van der Waals surface area contributed by atoms with Gasteiger partial charge in [0.15, 0.2) is 0 Å². The summed E-state index contributed by atoms with van der Waals surface area (Å²) < 4.78 is 2.63. The summed E-state index contributed by atoms with van der Waals surface area (Å²) in [4.78, 5) is 11.1. The number of aliphatic imine (C=N–C) groups is 1. The van der Waals surface area contributed by atoms with E-state index >= 15 is 0 Å². The third-order valence-corrected chi connectivity index (χ3v) is 13.9. The van der Waals surface area contributed by atoms with E-state index in [1.165, 1.54) is 31.3 Å². The van der Waals surface area contributed by atoms with Crippen molar-refractivity contribution in [3.8, 4) is 67.0 Å². The van der Waals surface area contributed by atoms with Crippen molar-refractivity contribution in [1.29, 1.82) is 0 Å². The van der Waals surface area contributed by atoms with Crippen LogP contribution in [0.4, 0.5) is 0 Å². The minimum Gasteiger partial charge on any atom is -0.360 e. The second-order valence-corrected chi connectivity index (χ2v) is 17.9. The molecule has 0 spiro atoms. The highest BCUT2D eigenvalue weighted by Crippen LogP contribution is 2.49. The Morgan fingerprint density at radius 3 is 1.48 bits per heavy atom. The highest BCUT2D eigenvalue weighted by atomic mass is 32.1. The molecule has 0 saturated carbocycles. The predicted octanol–water partition coefficient (Wildman–Crippen LogP) is 16.6. The summed E-state index contributed by atoms with van der Waals surface area (Å²) in [6.07, 6.45) is 1.83. The van der Waals surface area contributed by atoms with Gasteiger partial charge >= 0.3 is 0 Å². The van der Waals surface area contributed by atoms with Crippen LogP contribution in [0.25, 0.3) is 92.9 Å². The molecular weight excluding hydrogens is 831 g/mol. The van der Waals surface area contributed by atoms with Crippen LogP contribution in [0.3, 0.4) is 0 Å². The van der Waals surface area contributed by atoms with Gasteiger partial charge in [-0.2, -0.15) is 0 Å². The van der Waals surface area contributed by atoms with Crippen LogP contribution in [-0.2, 0) is 0 Å². The van der Waals surface area contributed by atoms with Crippen LogP contribution in [0.15, 0.2) is 254 Å². The van der Waals surface area contributed by atoms with Crippen LogP contribution < -0.4 is 5.32 Å². The number of fused-ring (bicyclic) bond motifs is 3. The molecule has 2 aromatic heterocycles. The summed E-state index contributed by atoms with van der Waals surface area (Å²) >= 11 is 1.87. The molecule has 3 heterocycles. The molecule has 3 nitrogen and oxygen atoms in total. The second kappa shape index (κ2) is 17.5. The van der Waals surface area contributed by atoms with Gasteiger partial charge in [-0.05, 0) is 62.7 Å². The Morgan fingerprint density at radius 2 is 0.866 bits per heavy atom. The molecule has 0 fully saturated rings. The largest absolute Gasteiger partial charge is 0.360 e. The van der Waals surface area contributed by atoms with Crippen molar-refractivity contribution in [2.75, 3.05) is 0 Å². The Kier molecular flexibility index (Phi) is 10.5. The third-order valence-electron chi connectivity index (χ3n) is 12.7. The van der Waals surface area contributed by atoms with Gasteiger partial charge in [0.05, 0.1) is 17.1 Å². The van der Waals surface area contributed by atoms with E-state index < -0.39 is 0 Å². The highest BCUT2D eigenvalue weighted by Gasteiger charge is 2.27. The fourth-order valence-corrected chi connectivity index (χ4v) is 10.8. The van der Waals surface area contributed by atoms with Gasteiger partial charge in [0, 0.05) is 53.7 Å². The molecule has 0 amide bonds. The van der Waals surface area contributed by atoms with Crippen LogP contribution in [0.1, 0.15) is 22.9 Å². The Hall–Kier alpha value is -8.44. The zero-order valence-corrected chi connectivity index (χ0v) is 37.4. The summed E-state index contributed by atoms with van der Waals surface area (Å²) in [5.74, 6) is 0. The molecule has 67 heavy (non-hydrogen) atoms. The molecule has 0 radical (unpaired) electrons. The zero-order chi connectivity index (χ0) is 44.5. The minimum atomic E-state index is -0.369. The van der Waals surface area contributed by atoms with Crippen LogP contribution in [0.5, 0.6) is 0 Å². The molecule has 0 saturated heterocycles. The number of allylic oxidation sites excluding steroid dienone is 1. The molecule has 1 aliphatic heterocycles. The van der Waals surface area contributed by atoms with Gasteiger partial charge < -0.3 is 5.32 Å². The van der Waals surface area contributed by atoms with Crippen LogP contribution in [0.2, 0.25) is 0 Å². The molecular formula is C63H43N3S. The predicted molar refractivity (Wildman–Crippen MR) is 283 cm³/mol. The quantitative estimate of drug-likeness (QED) is 0.157.